The van der Waals surface area contributed by atoms with Gasteiger partial charge >= 0.3 is 0 Å². The van der Waals surface area contributed by atoms with E-state index in [1.807, 2.05) is 0 Å². The van der Waals surface area contributed by atoms with E-state index in [1.54, 1.807) is 0 Å². The Morgan fingerprint density at radius 1 is 0.800 bits per heavy atom. The Morgan fingerprint density at radius 2 is 1.13 bits per heavy atom. The summed E-state index contributed by atoms with van der Waals surface area (Å²) in [6, 6.07) is 0. The van der Waals surface area contributed by atoms with Gasteiger partial charge in [0, 0.05) is 53.8 Å². The van der Waals surface area contributed by atoms with Crippen molar-refractivity contribution < 1.29 is 53.8 Å². The van der Waals surface area contributed by atoms with Gasteiger partial charge in [-0.3, -0.25) is 0 Å². The van der Waals surface area contributed by atoms with Crippen LogP contribution in [0.3, 0.4) is 0 Å². The third kappa shape index (κ3) is 15.8. The summed E-state index contributed by atoms with van der Waals surface area (Å²) in [5, 5.41) is 0. The molecule has 0 aromatic carbocycles. The molecule has 0 aliphatic heterocycles. The van der Waals surface area contributed by atoms with Crippen LogP contribution in [0.15, 0.2) is 0 Å². The summed E-state index contributed by atoms with van der Waals surface area (Å²) >= 11 is 0. The summed E-state index contributed by atoms with van der Waals surface area (Å²) in [4.78, 5) is 0. The van der Waals surface area contributed by atoms with E-state index in [-0.39, 0.29) is 64.6 Å². The van der Waals surface area contributed by atoms with Gasteiger partial charge in [0.05, 0.1) is 0 Å². The molecule has 0 aromatic heterocycles. The minimum absolute atomic E-state index is 0. The molecule has 0 saturated carbocycles. The quantitative estimate of drug-likeness (QED) is 0.550. The second-order valence-electron chi connectivity index (χ2n) is 6.89. The van der Waals surface area contributed by atoms with Crippen LogP contribution in [0.5, 0.6) is 0 Å². The predicted octanol–water partition coefficient (Wildman–Crippen LogP) is 4.51. The van der Waals surface area contributed by atoms with Crippen molar-refractivity contribution in [3.8, 4) is 0 Å². The first-order valence-electron chi connectivity index (χ1n) is 5.12. The van der Waals surface area contributed by atoms with Gasteiger partial charge in [-0.15, -0.1) is 0 Å². The molecule has 0 fully saturated rings. The van der Waals surface area contributed by atoms with Crippen molar-refractivity contribution >= 4 is 0 Å². The van der Waals surface area contributed by atoms with Gasteiger partial charge in [0.1, 0.15) is 0 Å². The molecule has 0 spiro atoms. The molecule has 15 heavy (non-hydrogen) atoms. The van der Waals surface area contributed by atoms with Crippen molar-refractivity contribution in [2.24, 2.45) is 16.2 Å². The molecule has 0 N–H and O–H groups in total. The molecule has 0 aromatic rings. The van der Waals surface area contributed by atoms with Crippen LogP contribution >= 0.6 is 0 Å². The van der Waals surface area contributed by atoms with Crippen LogP contribution in [0.1, 0.15) is 54.4 Å². The molecule has 0 bridgehead atoms. The van der Waals surface area contributed by atoms with E-state index >= 15 is 0 Å². The molecular formula is C13H26WY-2. The molecule has 2 heteroatoms. The topological polar surface area (TPSA) is 0 Å². The van der Waals surface area contributed by atoms with Gasteiger partial charge in [-0.25, -0.2) is 0 Å². The third-order valence-corrected chi connectivity index (χ3v) is 1.86. The van der Waals surface area contributed by atoms with Gasteiger partial charge in [-0.2, -0.15) is 10.8 Å². The third-order valence-electron chi connectivity index (χ3n) is 1.86. The second kappa shape index (κ2) is 7.28. The first-order valence-corrected chi connectivity index (χ1v) is 5.12. The Morgan fingerprint density at radius 3 is 1.33 bits per heavy atom. The Balaban J connectivity index is -0.000000720. The van der Waals surface area contributed by atoms with Crippen LogP contribution in [0, 0.1) is 30.1 Å². The molecule has 0 saturated heterocycles. The summed E-state index contributed by atoms with van der Waals surface area (Å²) in [5.74, 6) is 0. The van der Waals surface area contributed by atoms with E-state index in [0.717, 1.165) is 12.8 Å². The zero-order valence-electron chi connectivity index (χ0n) is 11.3. The number of hydrogen-bond acceptors (Lipinski definition) is 0. The van der Waals surface area contributed by atoms with E-state index in [2.05, 4.69) is 55.4 Å². The average Bonchev–Trinajstić information content (AvgIpc) is 1.43. The molecule has 0 amide bonds. The van der Waals surface area contributed by atoms with Crippen molar-refractivity contribution in [1.82, 2.24) is 0 Å². The molecule has 1 atom stereocenters. The van der Waals surface area contributed by atoms with E-state index in [1.165, 1.54) is 0 Å². The fourth-order valence-electron chi connectivity index (χ4n) is 2.50. The van der Waals surface area contributed by atoms with E-state index in [4.69, 9.17) is 0 Å². The average molecular weight is 455 g/mol. The Labute approximate surface area is 137 Å². The molecule has 89 valence electrons. The van der Waals surface area contributed by atoms with Crippen molar-refractivity contribution in [1.29, 1.82) is 0 Å². The van der Waals surface area contributed by atoms with Gasteiger partial charge in [0.15, 0.2) is 0 Å². The van der Waals surface area contributed by atoms with Gasteiger partial charge in [-0.05, 0) is 5.41 Å². The Hall–Kier alpha value is 1.79. The van der Waals surface area contributed by atoms with Crippen molar-refractivity contribution in [3.05, 3.63) is 13.8 Å². The SMILES string of the molecule is [CH2-]C(C)(C)C[C@]([CH2-])(C)CC(C)(C)C.[W].[Y]. The molecule has 1 radical (unpaired) electrons. The van der Waals surface area contributed by atoms with Gasteiger partial charge in [-0.1, -0.05) is 54.4 Å². The number of rotatable bonds is 3. The fraction of sp³-hybridized carbons (Fsp3) is 0.846. The van der Waals surface area contributed by atoms with E-state index in [9.17, 15) is 0 Å². The first kappa shape index (κ1) is 22.0. The normalized spacial score (nSPS) is 16.0. The molecular weight excluding hydrogens is 429 g/mol. The molecule has 0 nitrogen and oxygen atoms in total. The maximum Gasteiger partial charge on any atom is 0 e. The largest absolute Gasteiger partial charge is 0.338 e. The summed E-state index contributed by atoms with van der Waals surface area (Å²) < 4.78 is 0. The summed E-state index contributed by atoms with van der Waals surface area (Å²) in [6.07, 6.45) is 2.23. The Bertz CT molecular complexity index is 142. The fourth-order valence-corrected chi connectivity index (χ4v) is 2.50. The smallest absolute Gasteiger partial charge is 0 e. The van der Waals surface area contributed by atoms with Crippen LogP contribution in [-0.2, 0) is 53.8 Å². The van der Waals surface area contributed by atoms with E-state index < -0.39 is 0 Å². The van der Waals surface area contributed by atoms with Crippen LogP contribution in [0.4, 0.5) is 0 Å². The van der Waals surface area contributed by atoms with Crippen molar-refractivity contribution in [3.63, 3.8) is 0 Å². The summed E-state index contributed by atoms with van der Waals surface area (Å²) in [5.41, 5.74) is 0.660. The summed E-state index contributed by atoms with van der Waals surface area (Å²) in [6.45, 7) is 21.9. The van der Waals surface area contributed by atoms with Crippen LogP contribution < -0.4 is 0 Å². The maximum atomic E-state index is 4.30. The van der Waals surface area contributed by atoms with Crippen LogP contribution in [-0.4, -0.2) is 0 Å². The van der Waals surface area contributed by atoms with Gasteiger partial charge in [0.25, 0.3) is 0 Å². The predicted molar refractivity (Wildman–Crippen MR) is 61.3 cm³/mol. The summed E-state index contributed by atoms with van der Waals surface area (Å²) in [7, 11) is 0. The van der Waals surface area contributed by atoms with Crippen molar-refractivity contribution in [2.45, 2.75) is 54.4 Å². The molecule has 0 heterocycles. The maximum absolute atomic E-state index is 4.30. The minimum atomic E-state index is 0. The zero-order chi connectivity index (χ0) is 10.9. The van der Waals surface area contributed by atoms with Crippen LogP contribution in [0.25, 0.3) is 0 Å². The van der Waals surface area contributed by atoms with Gasteiger partial charge < -0.3 is 13.8 Å². The second-order valence-corrected chi connectivity index (χ2v) is 6.89. The Kier molecular flexibility index (Phi) is 10.7. The zero-order valence-corrected chi connectivity index (χ0v) is 17.1. The van der Waals surface area contributed by atoms with Crippen molar-refractivity contribution in [2.75, 3.05) is 0 Å². The minimum Gasteiger partial charge on any atom is -0.338 e. The standard InChI is InChI=1S/C13H26.W.Y/c1-11(2,3)9-13(7,8)10-12(4,5)6;;/h1,7,9-10H2,2-6,8H3;;/q-2;;/t13-;;/m0../s1. The van der Waals surface area contributed by atoms with Crippen LogP contribution in [0.2, 0.25) is 0 Å². The van der Waals surface area contributed by atoms with E-state index in [0.29, 0.717) is 5.41 Å². The monoisotopic (exact) mass is 455 g/mol. The molecule has 0 aliphatic carbocycles. The molecule has 0 rings (SSSR count). The molecule has 0 unspecified atom stereocenters. The molecule has 0 aliphatic rings. The van der Waals surface area contributed by atoms with Gasteiger partial charge in [0.2, 0.25) is 0 Å². The first-order chi connectivity index (χ1) is 5.41. The number of hydrogen-bond donors (Lipinski definition) is 0.